The molecule has 12 nitrogen and oxygen atoms in total. The minimum Gasteiger partial charge on any atom is -0.386 e. The van der Waals surface area contributed by atoms with E-state index in [1.54, 1.807) is 63.9 Å². The summed E-state index contributed by atoms with van der Waals surface area (Å²) in [6, 6.07) is 23.8. The van der Waals surface area contributed by atoms with Crippen molar-refractivity contribution < 1.29 is 37.2 Å². The largest absolute Gasteiger partial charge is 0.386 e. The molecule has 8 heterocycles. The Morgan fingerprint density at radius 1 is 0.575 bits per heavy atom. The minimum absolute atomic E-state index is 0.00791. The second-order valence-electron chi connectivity index (χ2n) is 23.0. The molecule has 0 radical (unpaired) electrons. The molecule has 3 fully saturated rings. The van der Waals surface area contributed by atoms with Crippen molar-refractivity contribution in [3.05, 3.63) is 167 Å². The van der Waals surface area contributed by atoms with E-state index in [4.69, 9.17) is 19.4 Å². The monoisotopic (exact) mass is 1090 g/mol. The number of benzene rings is 4. The van der Waals surface area contributed by atoms with Crippen molar-refractivity contribution in [2.24, 2.45) is 31.8 Å². The van der Waals surface area contributed by atoms with E-state index in [1.165, 1.54) is 18.2 Å². The summed E-state index contributed by atoms with van der Waals surface area (Å²) < 4.78 is 80.8. The number of halogens is 4. The Morgan fingerprint density at radius 2 is 1.14 bits per heavy atom. The molecular weight excluding hydrogens is 1020 g/mol. The molecule has 2 aliphatic heterocycles. The van der Waals surface area contributed by atoms with Crippen molar-refractivity contribution in [2.75, 3.05) is 26.4 Å². The maximum Gasteiger partial charge on any atom is 0.159 e. The highest BCUT2D eigenvalue weighted by Crippen LogP contribution is 2.50. The van der Waals surface area contributed by atoms with Crippen molar-refractivity contribution >= 4 is 43.9 Å². The molecule has 2 N–H and O–H groups in total. The van der Waals surface area contributed by atoms with Crippen molar-refractivity contribution in [3.63, 3.8) is 0 Å². The molecule has 1 saturated carbocycles. The van der Waals surface area contributed by atoms with Crippen LogP contribution in [-0.2, 0) is 34.8 Å². The Hall–Kier alpha value is -7.24. The standard InChI is InChI=1S/C33H34F2N4O2.C31H32F2N4O2/c1-19-30(38(3)18-37-19)21-16-27-29(36-17-21)24-10-11-25(33(2,40)22-8-9-22)28(35)32(24)39(27)31(20-12-14-41-15-13-20)23-6-4-5-7-26(23)34;1-18-29(36(4)17-35-18)21-14-27-28(34-16-21)23-7-6-22(31(2,3)38)15-26(23)37(27)30(19-9-11-39-12-10-19)20-5-8-24(32)25(33)13-20/h4-7,10-11,16-18,20,22,31,40H,8-9,12-15H2,1-3H3;5-8,13-17,19,30,38H,9-12H2,1-4H3/t31-,33?;/m0./s1. The lowest BCUT2D eigenvalue weighted by atomic mass is 9.86. The molecule has 10 aromatic rings. The summed E-state index contributed by atoms with van der Waals surface area (Å²) in [5.41, 5.74) is 9.61. The Morgan fingerprint density at radius 3 is 1.69 bits per heavy atom. The first kappa shape index (κ1) is 53.4. The summed E-state index contributed by atoms with van der Waals surface area (Å²) in [7, 11) is 3.89. The van der Waals surface area contributed by atoms with Gasteiger partial charge in [0.15, 0.2) is 17.5 Å². The summed E-state index contributed by atoms with van der Waals surface area (Å²) in [6.45, 7) is 11.5. The molecule has 0 spiro atoms. The maximum absolute atomic E-state index is 17.0. The molecule has 13 rings (SSSR count). The average Bonchev–Trinajstić information content (AvgIpc) is 3.46. The first-order valence-electron chi connectivity index (χ1n) is 27.7. The molecule has 2 unspecified atom stereocenters. The first-order chi connectivity index (χ1) is 38.4. The Bertz CT molecular complexity index is 3950. The van der Waals surface area contributed by atoms with Crippen molar-refractivity contribution in [1.29, 1.82) is 0 Å². The number of aromatic nitrogens is 8. The summed E-state index contributed by atoms with van der Waals surface area (Å²) in [4.78, 5) is 18.7. The van der Waals surface area contributed by atoms with E-state index in [9.17, 15) is 19.0 Å². The molecule has 414 valence electrons. The zero-order chi connectivity index (χ0) is 55.9. The van der Waals surface area contributed by atoms with Gasteiger partial charge in [0.2, 0.25) is 0 Å². The van der Waals surface area contributed by atoms with Gasteiger partial charge >= 0.3 is 0 Å². The number of nitrogens with zero attached hydrogens (tertiary/aromatic N) is 8. The number of aliphatic hydroxyl groups is 2. The molecule has 1 aliphatic carbocycles. The fourth-order valence-corrected chi connectivity index (χ4v) is 13.0. The molecule has 3 atom stereocenters. The van der Waals surface area contributed by atoms with Gasteiger partial charge in [-0.3, -0.25) is 9.97 Å². The third-order valence-corrected chi connectivity index (χ3v) is 17.3. The highest BCUT2D eigenvalue weighted by Gasteiger charge is 2.44. The van der Waals surface area contributed by atoms with Gasteiger partial charge in [-0.05, 0) is 138 Å². The summed E-state index contributed by atoms with van der Waals surface area (Å²) in [5.74, 6) is -2.39. The highest BCUT2D eigenvalue weighted by molar-refractivity contribution is 6.08. The van der Waals surface area contributed by atoms with Crippen LogP contribution in [0.5, 0.6) is 0 Å². The third kappa shape index (κ3) is 9.36. The second kappa shape index (κ2) is 20.7. The predicted molar refractivity (Wildman–Crippen MR) is 302 cm³/mol. The maximum atomic E-state index is 17.0. The van der Waals surface area contributed by atoms with Crippen LogP contribution in [0.1, 0.15) is 105 Å². The van der Waals surface area contributed by atoms with Gasteiger partial charge in [0, 0.05) is 85.9 Å². The number of pyridine rings is 2. The lowest BCUT2D eigenvalue weighted by Crippen LogP contribution is -2.28. The quantitative estimate of drug-likeness (QED) is 0.123. The number of fused-ring (bicyclic) bond motifs is 6. The number of hydrogen-bond acceptors (Lipinski definition) is 8. The molecule has 0 amide bonds. The van der Waals surface area contributed by atoms with E-state index < -0.39 is 34.7 Å². The topological polar surface area (TPSA) is 130 Å². The van der Waals surface area contributed by atoms with E-state index in [0.717, 1.165) is 105 Å². The fraction of sp³-hybridized carbons (Fsp3) is 0.375. The summed E-state index contributed by atoms with van der Waals surface area (Å²) in [5, 5.41) is 23.9. The smallest absolute Gasteiger partial charge is 0.159 e. The van der Waals surface area contributed by atoms with Crippen LogP contribution >= 0.6 is 0 Å². The van der Waals surface area contributed by atoms with Gasteiger partial charge in [-0.15, -0.1) is 0 Å². The number of imidazole rings is 2. The molecule has 6 aromatic heterocycles. The minimum atomic E-state index is -1.30. The van der Waals surface area contributed by atoms with Gasteiger partial charge in [0.1, 0.15) is 5.82 Å². The molecule has 3 aliphatic rings. The van der Waals surface area contributed by atoms with Crippen LogP contribution in [-0.4, -0.2) is 74.8 Å². The van der Waals surface area contributed by atoms with Crippen LogP contribution in [0.25, 0.3) is 66.4 Å². The van der Waals surface area contributed by atoms with Crippen LogP contribution in [0.3, 0.4) is 0 Å². The first-order valence-corrected chi connectivity index (χ1v) is 27.7. The fourth-order valence-electron chi connectivity index (χ4n) is 13.0. The van der Waals surface area contributed by atoms with E-state index >= 15 is 8.78 Å². The molecular formula is C64H66F4N8O4. The summed E-state index contributed by atoms with van der Waals surface area (Å²) in [6.07, 6.45) is 11.9. The Kier molecular flexibility index (Phi) is 13.8. The van der Waals surface area contributed by atoms with Gasteiger partial charge in [0.25, 0.3) is 0 Å². The molecule has 16 heteroatoms. The molecule has 4 aromatic carbocycles. The number of rotatable bonds is 11. The lowest BCUT2D eigenvalue weighted by molar-refractivity contribution is 0.0297. The van der Waals surface area contributed by atoms with Gasteiger partial charge in [-0.2, -0.15) is 0 Å². The van der Waals surface area contributed by atoms with Gasteiger partial charge < -0.3 is 38.0 Å². The Balaban J connectivity index is 0.000000159. The predicted octanol–water partition coefficient (Wildman–Crippen LogP) is 13.2. The van der Waals surface area contributed by atoms with Crippen molar-refractivity contribution in [2.45, 2.75) is 96.4 Å². The normalized spacial score (nSPS) is 17.3. The van der Waals surface area contributed by atoms with E-state index in [-0.39, 0.29) is 35.2 Å². The van der Waals surface area contributed by atoms with E-state index in [1.807, 2.05) is 84.2 Å². The number of ether oxygens (including phenoxy) is 2. The van der Waals surface area contributed by atoms with Gasteiger partial charge in [-0.25, -0.2) is 27.5 Å². The van der Waals surface area contributed by atoms with Gasteiger partial charge in [-0.1, -0.05) is 48.5 Å². The Labute approximate surface area is 461 Å². The lowest BCUT2D eigenvalue weighted by Gasteiger charge is -2.33. The van der Waals surface area contributed by atoms with Gasteiger partial charge in [0.05, 0.1) is 91.8 Å². The van der Waals surface area contributed by atoms with Crippen LogP contribution in [0, 0.1) is 54.9 Å². The highest BCUT2D eigenvalue weighted by atomic mass is 19.2. The summed E-state index contributed by atoms with van der Waals surface area (Å²) >= 11 is 0. The SMILES string of the molecule is Cc1ncn(C)c1-c1cnc2c3ccc(C(C)(C)O)cc3n(C(c3ccc(F)c(F)c3)C3CCOCC3)c2c1.Cc1ncn(C)c1-c1cnc2c3ccc(C(C)(O)C4CC4)c(F)c3n([C@H](c3ccccc3F)C3CCOCC3)c2c1. The number of hydrogen-bond donors (Lipinski definition) is 2. The van der Waals surface area contributed by atoms with E-state index in [0.29, 0.717) is 54.0 Å². The van der Waals surface area contributed by atoms with Crippen LogP contribution in [0.15, 0.2) is 110 Å². The van der Waals surface area contributed by atoms with E-state index in [2.05, 4.69) is 20.6 Å². The molecule has 0 bridgehead atoms. The zero-order valence-corrected chi connectivity index (χ0v) is 46.2. The molecule has 2 saturated heterocycles. The van der Waals surface area contributed by atoms with Crippen molar-refractivity contribution in [3.8, 4) is 22.5 Å². The second-order valence-corrected chi connectivity index (χ2v) is 23.0. The third-order valence-electron chi connectivity index (χ3n) is 17.3. The average molecular weight is 1090 g/mol. The van der Waals surface area contributed by atoms with Crippen LogP contribution in [0.2, 0.25) is 0 Å². The zero-order valence-electron chi connectivity index (χ0n) is 46.2. The van der Waals surface area contributed by atoms with Crippen LogP contribution < -0.4 is 0 Å². The molecule has 80 heavy (non-hydrogen) atoms. The number of aryl methyl sites for hydroxylation is 4. The van der Waals surface area contributed by atoms with Crippen molar-refractivity contribution in [1.82, 2.24) is 38.2 Å². The van der Waals surface area contributed by atoms with Crippen LogP contribution in [0.4, 0.5) is 17.6 Å².